The summed E-state index contributed by atoms with van der Waals surface area (Å²) in [7, 11) is 1.64. The molecule has 14 heteroatoms. The van der Waals surface area contributed by atoms with Crippen LogP contribution in [0.1, 0.15) is 111 Å². The third kappa shape index (κ3) is 8.44. The third-order valence-electron chi connectivity index (χ3n) is 12.2. The Hall–Kier alpha value is -3.65. The van der Waals surface area contributed by atoms with Crippen molar-refractivity contribution in [2.45, 2.75) is 130 Å². The second-order valence-corrected chi connectivity index (χ2v) is 17.1. The number of rotatable bonds is 12. The van der Waals surface area contributed by atoms with Gasteiger partial charge in [0, 0.05) is 22.2 Å². The molecule has 2 aliphatic carbocycles. The zero-order chi connectivity index (χ0) is 38.8. The predicted molar refractivity (Wildman–Crippen MR) is 214 cm³/mol. The molecule has 0 saturated heterocycles. The van der Waals surface area contributed by atoms with Gasteiger partial charge in [-0.25, -0.2) is 9.50 Å². The zero-order valence-electron chi connectivity index (χ0n) is 33.8. The van der Waals surface area contributed by atoms with E-state index in [1.807, 2.05) is 42.6 Å². The minimum Gasteiger partial charge on any atom is -0.491 e. The number of fused-ring (bicyclic) bond motifs is 2. The fourth-order valence-electron chi connectivity index (χ4n) is 7.64. The number of hydrogen-bond donors (Lipinski definition) is 4. The van der Waals surface area contributed by atoms with Crippen molar-refractivity contribution in [2.24, 2.45) is 17.8 Å². The summed E-state index contributed by atoms with van der Waals surface area (Å²) in [5.74, 6) is 4.28. The van der Waals surface area contributed by atoms with Crippen LogP contribution in [0, 0.1) is 31.6 Å². The molecule has 2 saturated carbocycles. The number of aromatic nitrogens is 8. The maximum absolute atomic E-state index is 6.31. The molecule has 0 radical (unpaired) electrons. The minimum absolute atomic E-state index is 0.251. The molecule has 0 spiro atoms. The Morgan fingerprint density at radius 1 is 0.852 bits per heavy atom. The maximum Gasteiger partial charge on any atom is 0.218 e. The van der Waals surface area contributed by atoms with Gasteiger partial charge in [0.1, 0.15) is 11.8 Å². The van der Waals surface area contributed by atoms with Crippen LogP contribution >= 0.6 is 11.6 Å². The number of ether oxygens (including phenoxy) is 3. The normalized spacial score (nSPS) is 22.4. The second kappa shape index (κ2) is 16.6. The molecule has 2 fully saturated rings. The summed E-state index contributed by atoms with van der Waals surface area (Å²) < 4.78 is 21.2. The molecule has 4 aromatic heterocycles. The monoisotopic (exact) mass is 764 g/mol. The minimum atomic E-state index is -0.297. The van der Waals surface area contributed by atoms with Crippen molar-refractivity contribution in [3.63, 3.8) is 0 Å². The van der Waals surface area contributed by atoms with E-state index in [-0.39, 0.29) is 11.0 Å². The highest BCUT2D eigenvalue weighted by Gasteiger charge is 2.42. The first-order valence-electron chi connectivity index (χ1n) is 19.6. The quantitative estimate of drug-likeness (QED) is 0.0920. The van der Waals surface area contributed by atoms with E-state index < -0.39 is 0 Å². The molecule has 54 heavy (non-hydrogen) atoms. The Balaban J connectivity index is 0.000000185. The van der Waals surface area contributed by atoms with E-state index in [0.29, 0.717) is 59.6 Å². The molecule has 3 unspecified atom stereocenters. The smallest absolute Gasteiger partial charge is 0.218 e. The number of nitrogens with zero attached hydrogens (tertiary/aromatic N) is 6. The van der Waals surface area contributed by atoms with E-state index in [4.69, 9.17) is 25.8 Å². The molecule has 5 atom stereocenters. The van der Waals surface area contributed by atoms with Gasteiger partial charge in [-0.3, -0.25) is 15.5 Å². The van der Waals surface area contributed by atoms with Crippen LogP contribution in [0.4, 0.5) is 5.69 Å². The van der Waals surface area contributed by atoms with Crippen molar-refractivity contribution >= 4 is 28.6 Å². The van der Waals surface area contributed by atoms with Crippen molar-refractivity contribution < 1.29 is 14.2 Å². The number of benzene rings is 1. The highest BCUT2D eigenvalue weighted by Crippen LogP contribution is 2.36. The standard InChI is InChI=1S/C21H29N5O2.C19H32ClN5O/c1-13-5-6-14(2)18(11-13)28-12-22-17-9-7-16(8-10-17)20-23-21-19(27-4)15(3)24-26(21)25-20;1-12-9-7-8-10-14(12)26-11-21-19(5,6)18(3,4)17-23-22-16-15(20)13(2)24-25(16)17/h7-10,13-14,18,22,24H,5-6,11-12H2,1-4H3;12,14,21,24H,7-11H2,1-6H3/t13?,14-,18?;12-,14?/m11/s1. The number of methoxy groups -OCH3 is 1. The van der Waals surface area contributed by atoms with Crippen LogP contribution in [0.5, 0.6) is 5.75 Å². The third-order valence-corrected chi connectivity index (χ3v) is 12.6. The van der Waals surface area contributed by atoms with E-state index >= 15 is 0 Å². The van der Waals surface area contributed by atoms with E-state index in [9.17, 15) is 0 Å². The Morgan fingerprint density at radius 2 is 1.56 bits per heavy atom. The first-order chi connectivity index (χ1) is 25.7. The maximum atomic E-state index is 6.31. The fraction of sp³-hybridized carbons (Fsp3) is 0.650. The first kappa shape index (κ1) is 40.0. The van der Waals surface area contributed by atoms with E-state index in [1.54, 1.807) is 11.7 Å². The summed E-state index contributed by atoms with van der Waals surface area (Å²) in [5, 5.41) is 27.2. The highest BCUT2D eigenvalue weighted by atomic mass is 35.5. The molecule has 0 amide bonds. The molecular formula is C40H61ClN10O3. The average molecular weight is 765 g/mol. The molecule has 296 valence electrons. The Labute approximate surface area is 324 Å². The molecule has 0 aliphatic heterocycles. The van der Waals surface area contributed by atoms with Gasteiger partial charge in [-0.05, 0) is 95.4 Å². The lowest BCUT2D eigenvalue weighted by Gasteiger charge is -2.41. The largest absolute Gasteiger partial charge is 0.491 e. The lowest BCUT2D eigenvalue weighted by atomic mass is 9.74. The van der Waals surface area contributed by atoms with Gasteiger partial charge < -0.3 is 19.5 Å². The van der Waals surface area contributed by atoms with E-state index in [1.165, 1.54) is 32.1 Å². The van der Waals surface area contributed by atoms with Gasteiger partial charge in [0.2, 0.25) is 5.65 Å². The lowest BCUT2D eigenvalue weighted by Crippen LogP contribution is -2.55. The SMILES string of the molecule is COc1c(C)[nH]n2nc(-c3ccc(NCOC4CC(C)CC[C@H]4C)cc3)nc12.Cc1[nH]n2c(C(C)(C)C(C)(C)NCOC3CCCC[C@H]3C)nnc2c1Cl. The van der Waals surface area contributed by atoms with Crippen molar-refractivity contribution in [2.75, 3.05) is 25.9 Å². The van der Waals surface area contributed by atoms with Crippen LogP contribution < -0.4 is 15.4 Å². The summed E-state index contributed by atoms with van der Waals surface area (Å²) in [5.41, 5.74) is 4.61. The lowest BCUT2D eigenvalue weighted by molar-refractivity contribution is -0.0275. The molecular weight excluding hydrogens is 704 g/mol. The first-order valence-corrected chi connectivity index (χ1v) is 20.0. The predicted octanol–water partition coefficient (Wildman–Crippen LogP) is 8.47. The topological polar surface area (TPSA) is 144 Å². The van der Waals surface area contributed by atoms with Gasteiger partial charge >= 0.3 is 0 Å². The van der Waals surface area contributed by atoms with Crippen molar-refractivity contribution in [3.05, 3.63) is 46.5 Å². The molecule has 4 N–H and O–H groups in total. The van der Waals surface area contributed by atoms with Crippen LogP contribution in [0.3, 0.4) is 0 Å². The van der Waals surface area contributed by atoms with Gasteiger partial charge in [-0.15, -0.1) is 19.9 Å². The van der Waals surface area contributed by atoms with Crippen molar-refractivity contribution in [3.8, 4) is 17.1 Å². The molecule has 4 heterocycles. The van der Waals surface area contributed by atoms with Gasteiger partial charge in [0.15, 0.2) is 23.0 Å². The van der Waals surface area contributed by atoms with Crippen LogP contribution in [-0.2, 0) is 14.9 Å². The van der Waals surface area contributed by atoms with Crippen LogP contribution in [0.2, 0.25) is 5.02 Å². The number of hydrogen-bond acceptors (Lipinski definition) is 9. The number of H-pyrrole nitrogens is 2. The number of aromatic amines is 2. The van der Waals surface area contributed by atoms with Crippen LogP contribution in [0.25, 0.3) is 22.7 Å². The number of anilines is 1. The van der Waals surface area contributed by atoms with Crippen molar-refractivity contribution in [1.82, 2.24) is 44.9 Å². The molecule has 2 aliphatic rings. The fourth-order valence-corrected chi connectivity index (χ4v) is 7.81. The summed E-state index contributed by atoms with van der Waals surface area (Å²) >= 11 is 6.31. The Morgan fingerprint density at radius 3 is 2.28 bits per heavy atom. The summed E-state index contributed by atoms with van der Waals surface area (Å²) in [4.78, 5) is 4.59. The highest BCUT2D eigenvalue weighted by molar-refractivity contribution is 6.34. The molecule has 5 aromatic rings. The molecule has 13 nitrogen and oxygen atoms in total. The van der Waals surface area contributed by atoms with E-state index in [0.717, 1.165) is 53.0 Å². The van der Waals surface area contributed by atoms with Gasteiger partial charge in [0.25, 0.3) is 0 Å². The van der Waals surface area contributed by atoms with Gasteiger partial charge in [0.05, 0.1) is 37.4 Å². The molecule has 7 rings (SSSR count). The second-order valence-electron chi connectivity index (χ2n) is 16.7. The Kier molecular flexibility index (Phi) is 12.3. The number of aryl methyl sites for hydroxylation is 2. The summed E-state index contributed by atoms with van der Waals surface area (Å²) in [6.07, 6.45) is 9.48. The van der Waals surface area contributed by atoms with Crippen LogP contribution in [0.15, 0.2) is 24.3 Å². The Bertz CT molecular complexity index is 1980. The van der Waals surface area contributed by atoms with Crippen LogP contribution in [-0.4, -0.2) is 77.9 Å². The summed E-state index contributed by atoms with van der Waals surface area (Å²) in [6, 6.07) is 8.09. The number of halogens is 1. The molecule has 0 bridgehead atoms. The van der Waals surface area contributed by atoms with Gasteiger partial charge in [-0.1, -0.05) is 65.5 Å². The van der Waals surface area contributed by atoms with Crippen molar-refractivity contribution in [1.29, 1.82) is 0 Å². The molecule has 1 aromatic carbocycles. The summed E-state index contributed by atoms with van der Waals surface area (Å²) in [6.45, 7) is 20.6. The van der Waals surface area contributed by atoms with E-state index in [2.05, 4.69) is 89.6 Å². The van der Waals surface area contributed by atoms with Gasteiger partial charge in [-0.2, -0.15) is 0 Å². The zero-order valence-corrected chi connectivity index (χ0v) is 34.6. The number of nitrogens with one attached hydrogen (secondary N) is 4. The average Bonchev–Trinajstić information content (AvgIpc) is 3.88.